The van der Waals surface area contributed by atoms with E-state index in [0.29, 0.717) is 22.0 Å². The lowest BCUT2D eigenvalue weighted by atomic mass is 10.1. The number of para-hydroxylation sites is 1. The molecule has 0 bridgehead atoms. The Morgan fingerprint density at radius 2 is 1.83 bits per heavy atom. The Hall–Kier alpha value is -2.97. The summed E-state index contributed by atoms with van der Waals surface area (Å²) in [4.78, 5) is 24.0. The molecule has 2 rings (SSSR count). The number of nitrogens with one attached hydrogen (secondary N) is 2. The average molecular weight is 343 g/mol. The molecule has 0 unspecified atom stereocenters. The molecule has 2 N–H and O–H groups in total. The largest absolute Gasteiger partial charge is 0.484 e. The summed E-state index contributed by atoms with van der Waals surface area (Å²) in [6.07, 6.45) is 5.12. The lowest BCUT2D eigenvalue weighted by Crippen LogP contribution is -2.26. The molecule has 0 saturated heterocycles. The van der Waals surface area contributed by atoms with Crippen molar-refractivity contribution in [3.63, 3.8) is 0 Å². The number of benzene rings is 2. The van der Waals surface area contributed by atoms with E-state index >= 15 is 0 Å². The molecule has 0 aliphatic rings. The summed E-state index contributed by atoms with van der Waals surface area (Å²) in [5.74, 6) is 2.10. The number of carbonyl (C=O) groups is 2. The highest BCUT2D eigenvalue weighted by Gasteiger charge is 2.12. The third-order valence-corrected chi connectivity index (χ3v) is 3.23. The number of hydrogen-bond donors (Lipinski definition) is 2. The third kappa shape index (κ3) is 5.04. The lowest BCUT2D eigenvalue weighted by molar-refractivity contribution is -0.118. The molecule has 5 nitrogen and oxygen atoms in total. The summed E-state index contributed by atoms with van der Waals surface area (Å²) in [5.41, 5.74) is 0.712. The van der Waals surface area contributed by atoms with E-state index < -0.39 is 0 Å². The van der Waals surface area contributed by atoms with Crippen LogP contribution in [0.3, 0.4) is 0 Å². The summed E-state index contributed by atoms with van der Waals surface area (Å²) >= 11 is 5.78. The van der Waals surface area contributed by atoms with Crippen molar-refractivity contribution in [2.24, 2.45) is 0 Å². The van der Waals surface area contributed by atoms with Gasteiger partial charge in [0.05, 0.1) is 17.8 Å². The minimum atomic E-state index is -0.387. The van der Waals surface area contributed by atoms with Crippen LogP contribution < -0.4 is 15.4 Å². The van der Waals surface area contributed by atoms with Gasteiger partial charge in [0.2, 0.25) is 0 Å². The summed E-state index contributed by atoms with van der Waals surface area (Å²) in [7, 11) is 0. The van der Waals surface area contributed by atoms with Gasteiger partial charge in [-0.25, -0.2) is 0 Å². The van der Waals surface area contributed by atoms with Crippen LogP contribution in [0.15, 0.2) is 48.5 Å². The SMILES string of the molecule is C#CCNC(=O)c1ccccc1NC(=O)COc1ccc(Cl)cc1. The summed E-state index contributed by atoms with van der Waals surface area (Å²) in [6.45, 7) is -0.0806. The van der Waals surface area contributed by atoms with Gasteiger partial charge in [-0.1, -0.05) is 29.7 Å². The van der Waals surface area contributed by atoms with Crippen LogP contribution in [-0.4, -0.2) is 25.0 Å². The molecule has 2 amide bonds. The monoisotopic (exact) mass is 342 g/mol. The fourth-order valence-corrected chi connectivity index (χ4v) is 2.01. The summed E-state index contributed by atoms with van der Waals surface area (Å²) in [6, 6.07) is 13.3. The second-order valence-electron chi connectivity index (χ2n) is 4.72. The molecular weight excluding hydrogens is 328 g/mol. The third-order valence-electron chi connectivity index (χ3n) is 2.98. The van der Waals surface area contributed by atoms with Gasteiger partial charge in [0.25, 0.3) is 11.8 Å². The van der Waals surface area contributed by atoms with Crippen molar-refractivity contribution in [2.45, 2.75) is 0 Å². The van der Waals surface area contributed by atoms with Crippen molar-refractivity contribution in [1.82, 2.24) is 5.32 Å². The zero-order valence-corrected chi connectivity index (χ0v) is 13.5. The van der Waals surface area contributed by atoms with Crippen molar-refractivity contribution >= 4 is 29.1 Å². The van der Waals surface area contributed by atoms with Crippen molar-refractivity contribution in [2.75, 3.05) is 18.5 Å². The zero-order valence-electron chi connectivity index (χ0n) is 12.7. The second-order valence-corrected chi connectivity index (χ2v) is 5.16. The normalized spacial score (nSPS) is 9.67. The molecule has 0 saturated carbocycles. The number of amides is 2. The first-order chi connectivity index (χ1) is 11.6. The van der Waals surface area contributed by atoms with Crippen LogP contribution >= 0.6 is 11.6 Å². The van der Waals surface area contributed by atoms with Crippen LogP contribution in [0.5, 0.6) is 5.75 Å². The molecule has 0 aliphatic heterocycles. The van der Waals surface area contributed by atoms with Gasteiger partial charge in [-0.3, -0.25) is 9.59 Å². The van der Waals surface area contributed by atoms with E-state index in [1.54, 1.807) is 48.5 Å². The van der Waals surface area contributed by atoms with Gasteiger partial charge in [-0.15, -0.1) is 6.42 Å². The van der Waals surface area contributed by atoms with Gasteiger partial charge in [-0.05, 0) is 36.4 Å². The molecule has 122 valence electrons. The van der Waals surface area contributed by atoms with E-state index in [0.717, 1.165) is 0 Å². The first kappa shape index (κ1) is 17.4. The number of ether oxygens (including phenoxy) is 1. The van der Waals surface area contributed by atoms with E-state index in [2.05, 4.69) is 16.6 Å². The van der Waals surface area contributed by atoms with E-state index in [1.807, 2.05) is 0 Å². The van der Waals surface area contributed by atoms with Gasteiger partial charge < -0.3 is 15.4 Å². The number of anilines is 1. The number of terminal acetylenes is 1. The minimum Gasteiger partial charge on any atom is -0.484 e. The maximum atomic E-state index is 12.0. The smallest absolute Gasteiger partial charge is 0.262 e. The Labute approximate surface area is 145 Å². The molecule has 0 fully saturated rings. The highest BCUT2D eigenvalue weighted by molar-refractivity contribution is 6.30. The van der Waals surface area contributed by atoms with Gasteiger partial charge in [0.15, 0.2) is 6.61 Å². The molecule has 0 aromatic heterocycles. The van der Waals surface area contributed by atoms with Gasteiger partial charge >= 0.3 is 0 Å². The molecule has 0 atom stereocenters. The number of rotatable bonds is 6. The first-order valence-corrected chi connectivity index (χ1v) is 7.47. The van der Waals surface area contributed by atoms with Crippen LogP contribution in [-0.2, 0) is 4.79 Å². The maximum Gasteiger partial charge on any atom is 0.262 e. The maximum absolute atomic E-state index is 12.0. The lowest BCUT2D eigenvalue weighted by Gasteiger charge is -2.11. The van der Waals surface area contributed by atoms with E-state index in [-0.39, 0.29) is 25.0 Å². The predicted octanol–water partition coefficient (Wildman–Crippen LogP) is 2.72. The Kier molecular flexibility index (Phi) is 6.23. The summed E-state index contributed by atoms with van der Waals surface area (Å²) < 4.78 is 5.36. The highest BCUT2D eigenvalue weighted by atomic mass is 35.5. The second kappa shape index (κ2) is 8.61. The Balaban J connectivity index is 1.97. The van der Waals surface area contributed by atoms with Crippen LogP contribution in [0.4, 0.5) is 5.69 Å². The summed E-state index contributed by atoms with van der Waals surface area (Å²) in [5, 5.41) is 5.78. The van der Waals surface area contributed by atoms with Crippen molar-refractivity contribution in [3.05, 3.63) is 59.1 Å². The van der Waals surface area contributed by atoms with Crippen molar-refractivity contribution < 1.29 is 14.3 Å². The molecule has 0 heterocycles. The van der Waals surface area contributed by atoms with Crippen LogP contribution in [0.2, 0.25) is 5.02 Å². The van der Waals surface area contributed by atoms with Crippen molar-refractivity contribution in [1.29, 1.82) is 0 Å². The molecule has 2 aromatic carbocycles. The zero-order chi connectivity index (χ0) is 17.4. The number of halogens is 1. The fourth-order valence-electron chi connectivity index (χ4n) is 1.88. The standard InChI is InChI=1S/C18H15ClN2O3/c1-2-11-20-18(23)15-5-3-4-6-16(15)21-17(22)12-24-14-9-7-13(19)8-10-14/h1,3-10H,11-12H2,(H,20,23)(H,21,22). The fraction of sp³-hybridized carbons (Fsp3) is 0.111. The number of carbonyl (C=O) groups excluding carboxylic acids is 2. The van der Waals surface area contributed by atoms with Gasteiger partial charge in [0.1, 0.15) is 5.75 Å². The molecular formula is C18H15ClN2O3. The minimum absolute atomic E-state index is 0.112. The van der Waals surface area contributed by atoms with Crippen LogP contribution in [0.25, 0.3) is 0 Å². The van der Waals surface area contributed by atoms with Crippen molar-refractivity contribution in [3.8, 4) is 18.1 Å². The van der Waals surface area contributed by atoms with Gasteiger partial charge in [0, 0.05) is 5.02 Å². The average Bonchev–Trinajstić information content (AvgIpc) is 2.59. The van der Waals surface area contributed by atoms with E-state index in [9.17, 15) is 9.59 Å². The molecule has 0 radical (unpaired) electrons. The topological polar surface area (TPSA) is 67.4 Å². The van der Waals surface area contributed by atoms with E-state index in [1.165, 1.54) is 0 Å². The van der Waals surface area contributed by atoms with Crippen LogP contribution in [0.1, 0.15) is 10.4 Å². The Morgan fingerprint density at radius 1 is 1.12 bits per heavy atom. The van der Waals surface area contributed by atoms with Crippen LogP contribution in [0, 0.1) is 12.3 Å². The highest BCUT2D eigenvalue weighted by Crippen LogP contribution is 2.17. The Morgan fingerprint density at radius 3 is 2.54 bits per heavy atom. The Bertz CT molecular complexity index is 767. The predicted molar refractivity (Wildman–Crippen MR) is 93.2 cm³/mol. The molecule has 0 spiro atoms. The number of hydrogen-bond acceptors (Lipinski definition) is 3. The molecule has 24 heavy (non-hydrogen) atoms. The quantitative estimate of drug-likeness (QED) is 0.793. The first-order valence-electron chi connectivity index (χ1n) is 7.09. The molecule has 6 heteroatoms. The van der Waals surface area contributed by atoms with E-state index in [4.69, 9.17) is 22.8 Å². The molecule has 0 aliphatic carbocycles. The van der Waals surface area contributed by atoms with Gasteiger partial charge in [-0.2, -0.15) is 0 Å². The molecule has 2 aromatic rings.